The Morgan fingerprint density at radius 1 is 1.28 bits per heavy atom. The van der Waals surface area contributed by atoms with Gasteiger partial charge in [-0.25, -0.2) is 9.38 Å². The Morgan fingerprint density at radius 2 is 1.96 bits per heavy atom. The van der Waals surface area contributed by atoms with Gasteiger partial charge in [0, 0.05) is 52.3 Å². The van der Waals surface area contributed by atoms with E-state index in [4.69, 9.17) is 4.74 Å². The van der Waals surface area contributed by atoms with E-state index in [1.807, 2.05) is 11.8 Å². The highest BCUT2D eigenvalue weighted by atomic mass is 19.1. The van der Waals surface area contributed by atoms with E-state index < -0.39 is 0 Å². The zero-order valence-corrected chi connectivity index (χ0v) is 15.2. The second-order valence-corrected chi connectivity index (χ2v) is 6.02. The van der Waals surface area contributed by atoms with Gasteiger partial charge < -0.3 is 19.9 Å². The standard InChI is InChI=1S/C18H27FN4O2/c1-4-20-18(23-9-7-22(8-10-23)14(2)24)21-12-15-5-6-17(19)16(11-15)13-25-3/h5-6,11H,4,7-10,12-13H2,1-3H3,(H,20,21). The molecule has 1 aliphatic heterocycles. The first-order valence-corrected chi connectivity index (χ1v) is 8.60. The molecule has 1 saturated heterocycles. The fraction of sp³-hybridized carbons (Fsp3) is 0.556. The van der Waals surface area contributed by atoms with E-state index in [1.54, 1.807) is 26.2 Å². The summed E-state index contributed by atoms with van der Waals surface area (Å²) in [6.45, 7) is 8.01. The van der Waals surface area contributed by atoms with Crippen molar-refractivity contribution in [3.05, 3.63) is 35.1 Å². The molecule has 1 aromatic carbocycles. The van der Waals surface area contributed by atoms with Crippen LogP contribution in [0.4, 0.5) is 4.39 Å². The number of carbonyl (C=O) groups excluding carboxylic acids is 1. The zero-order valence-electron chi connectivity index (χ0n) is 15.2. The number of nitrogens with one attached hydrogen (secondary N) is 1. The van der Waals surface area contributed by atoms with E-state index in [0.29, 0.717) is 25.2 Å². The lowest BCUT2D eigenvalue weighted by Gasteiger charge is -2.36. The molecule has 0 spiro atoms. The van der Waals surface area contributed by atoms with E-state index in [-0.39, 0.29) is 18.3 Å². The van der Waals surface area contributed by atoms with Crippen molar-refractivity contribution in [1.82, 2.24) is 15.1 Å². The summed E-state index contributed by atoms with van der Waals surface area (Å²) in [6, 6.07) is 4.99. The summed E-state index contributed by atoms with van der Waals surface area (Å²) in [4.78, 5) is 20.1. The van der Waals surface area contributed by atoms with Crippen LogP contribution in [-0.4, -0.2) is 61.5 Å². The summed E-state index contributed by atoms with van der Waals surface area (Å²) < 4.78 is 18.7. The molecule has 0 bridgehead atoms. The maximum absolute atomic E-state index is 13.7. The highest BCUT2D eigenvalue weighted by Crippen LogP contribution is 2.13. The van der Waals surface area contributed by atoms with E-state index in [2.05, 4.69) is 15.2 Å². The highest BCUT2D eigenvalue weighted by Gasteiger charge is 2.20. The summed E-state index contributed by atoms with van der Waals surface area (Å²) in [5.41, 5.74) is 1.47. The molecule has 138 valence electrons. The van der Waals surface area contributed by atoms with Gasteiger partial charge in [-0.1, -0.05) is 6.07 Å². The number of methoxy groups -OCH3 is 1. The van der Waals surface area contributed by atoms with Crippen LogP contribution in [0.2, 0.25) is 0 Å². The Bertz CT molecular complexity index is 613. The molecule has 0 aliphatic carbocycles. The van der Waals surface area contributed by atoms with Crippen LogP contribution in [0.25, 0.3) is 0 Å². The number of ether oxygens (including phenoxy) is 1. The van der Waals surface area contributed by atoms with Gasteiger partial charge in [-0.3, -0.25) is 4.79 Å². The van der Waals surface area contributed by atoms with Crippen LogP contribution in [0.1, 0.15) is 25.0 Å². The predicted octanol–water partition coefficient (Wildman–Crippen LogP) is 1.60. The molecule has 0 saturated carbocycles. The van der Waals surface area contributed by atoms with Crippen LogP contribution in [0, 0.1) is 5.82 Å². The Morgan fingerprint density at radius 3 is 2.56 bits per heavy atom. The predicted molar refractivity (Wildman–Crippen MR) is 95.8 cm³/mol. The Kier molecular flexibility index (Phi) is 7.18. The number of piperazine rings is 1. The first-order valence-electron chi connectivity index (χ1n) is 8.60. The topological polar surface area (TPSA) is 57.2 Å². The molecule has 0 aromatic heterocycles. The number of aliphatic imine (C=N–C) groups is 1. The Balaban J connectivity index is 2.05. The number of nitrogens with zero attached hydrogens (tertiary/aromatic N) is 3. The molecule has 1 N–H and O–H groups in total. The molecule has 0 radical (unpaired) electrons. The van der Waals surface area contributed by atoms with Gasteiger partial charge in [0.25, 0.3) is 0 Å². The van der Waals surface area contributed by atoms with Gasteiger partial charge in [-0.05, 0) is 24.6 Å². The summed E-state index contributed by atoms with van der Waals surface area (Å²) in [7, 11) is 1.55. The summed E-state index contributed by atoms with van der Waals surface area (Å²) in [6.07, 6.45) is 0. The Hall–Kier alpha value is -2.15. The number of rotatable bonds is 5. The third kappa shape index (κ3) is 5.42. The largest absolute Gasteiger partial charge is 0.380 e. The third-order valence-corrected chi connectivity index (χ3v) is 4.18. The molecule has 1 heterocycles. The quantitative estimate of drug-likeness (QED) is 0.647. The van der Waals surface area contributed by atoms with E-state index >= 15 is 0 Å². The number of amides is 1. The van der Waals surface area contributed by atoms with Crippen molar-refractivity contribution in [2.75, 3.05) is 39.8 Å². The molecule has 0 atom stereocenters. The second-order valence-electron chi connectivity index (χ2n) is 6.02. The van der Waals surface area contributed by atoms with Crippen molar-refractivity contribution >= 4 is 11.9 Å². The fourth-order valence-corrected chi connectivity index (χ4v) is 2.82. The van der Waals surface area contributed by atoms with Gasteiger partial charge >= 0.3 is 0 Å². The average molecular weight is 350 g/mol. The number of halogens is 1. The van der Waals surface area contributed by atoms with Crippen LogP contribution in [0.15, 0.2) is 23.2 Å². The zero-order chi connectivity index (χ0) is 18.2. The average Bonchev–Trinajstić information content (AvgIpc) is 2.61. The van der Waals surface area contributed by atoms with Crippen LogP contribution in [0.3, 0.4) is 0 Å². The minimum Gasteiger partial charge on any atom is -0.380 e. The number of hydrogen-bond acceptors (Lipinski definition) is 3. The van der Waals surface area contributed by atoms with Gasteiger partial charge in [0.2, 0.25) is 5.91 Å². The number of carbonyl (C=O) groups is 1. The molecule has 1 aliphatic rings. The highest BCUT2D eigenvalue weighted by molar-refractivity contribution is 5.80. The SMILES string of the molecule is CCNC(=NCc1ccc(F)c(COC)c1)N1CCN(C(C)=O)CC1. The lowest BCUT2D eigenvalue weighted by atomic mass is 10.1. The smallest absolute Gasteiger partial charge is 0.219 e. The van der Waals surface area contributed by atoms with Crippen LogP contribution in [0.5, 0.6) is 0 Å². The van der Waals surface area contributed by atoms with E-state index in [1.165, 1.54) is 6.07 Å². The first kappa shape index (κ1) is 19.2. The van der Waals surface area contributed by atoms with E-state index in [9.17, 15) is 9.18 Å². The van der Waals surface area contributed by atoms with E-state index in [0.717, 1.165) is 31.2 Å². The normalized spacial score (nSPS) is 15.4. The third-order valence-electron chi connectivity index (χ3n) is 4.18. The molecule has 7 heteroatoms. The van der Waals surface area contributed by atoms with Crippen LogP contribution in [-0.2, 0) is 22.7 Å². The summed E-state index contributed by atoms with van der Waals surface area (Å²) in [5, 5.41) is 3.29. The van der Waals surface area contributed by atoms with Crippen molar-refractivity contribution in [3.63, 3.8) is 0 Å². The van der Waals surface area contributed by atoms with Gasteiger partial charge in [-0.2, -0.15) is 0 Å². The molecular formula is C18H27FN4O2. The molecule has 1 amide bonds. The van der Waals surface area contributed by atoms with Crippen molar-refractivity contribution < 1.29 is 13.9 Å². The van der Waals surface area contributed by atoms with Gasteiger partial charge in [-0.15, -0.1) is 0 Å². The molecule has 25 heavy (non-hydrogen) atoms. The molecular weight excluding hydrogens is 323 g/mol. The molecule has 0 unspecified atom stereocenters. The van der Waals surface area contributed by atoms with Crippen molar-refractivity contribution in [2.24, 2.45) is 4.99 Å². The van der Waals surface area contributed by atoms with Crippen molar-refractivity contribution in [1.29, 1.82) is 0 Å². The minimum absolute atomic E-state index is 0.110. The van der Waals surface area contributed by atoms with Crippen LogP contribution >= 0.6 is 0 Å². The number of hydrogen-bond donors (Lipinski definition) is 1. The van der Waals surface area contributed by atoms with Crippen LogP contribution < -0.4 is 5.32 Å². The monoisotopic (exact) mass is 350 g/mol. The second kappa shape index (κ2) is 9.36. The molecule has 2 rings (SSSR count). The lowest BCUT2D eigenvalue weighted by molar-refractivity contribution is -0.130. The van der Waals surface area contributed by atoms with Gasteiger partial charge in [0.05, 0.1) is 13.2 Å². The first-order chi connectivity index (χ1) is 12.0. The molecule has 6 nitrogen and oxygen atoms in total. The summed E-state index contributed by atoms with van der Waals surface area (Å²) >= 11 is 0. The lowest BCUT2D eigenvalue weighted by Crippen LogP contribution is -2.53. The number of guanidine groups is 1. The summed E-state index contributed by atoms with van der Waals surface area (Å²) in [5.74, 6) is 0.670. The van der Waals surface area contributed by atoms with Gasteiger partial charge in [0.15, 0.2) is 5.96 Å². The minimum atomic E-state index is -0.262. The molecule has 1 aromatic rings. The van der Waals surface area contributed by atoms with Crippen molar-refractivity contribution in [3.8, 4) is 0 Å². The number of benzene rings is 1. The Labute approximate surface area is 148 Å². The molecule has 1 fully saturated rings. The maximum Gasteiger partial charge on any atom is 0.219 e. The van der Waals surface area contributed by atoms with Crippen molar-refractivity contribution in [2.45, 2.75) is 27.0 Å². The van der Waals surface area contributed by atoms with Gasteiger partial charge in [0.1, 0.15) is 5.82 Å². The fourth-order valence-electron chi connectivity index (χ4n) is 2.82. The maximum atomic E-state index is 13.7.